The molecule has 17 aromatic rings. The summed E-state index contributed by atoms with van der Waals surface area (Å²) in [6.07, 6.45) is 0. The maximum absolute atomic E-state index is 8.04. The number of rotatable bonds is 10. The first-order valence-corrected chi connectivity index (χ1v) is 33.1. The van der Waals surface area contributed by atoms with Crippen LogP contribution >= 0.6 is 11.6 Å². The summed E-state index contributed by atoms with van der Waals surface area (Å²) in [5.41, 5.74) is 30.5. The first-order valence-electron chi connectivity index (χ1n) is 32.8. The molecule has 0 aliphatic carbocycles. The lowest BCUT2D eigenvalue weighted by Gasteiger charge is -2.46. The largest absolute Gasteiger partial charge is 0.455 e. The molecule has 0 N–H and O–H groups in total. The first kappa shape index (κ1) is 55.5. The van der Waals surface area contributed by atoms with Gasteiger partial charge in [-0.2, -0.15) is 0 Å². The Kier molecular flexibility index (Phi) is 13.0. The van der Waals surface area contributed by atoms with Gasteiger partial charge in [-0.25, -0.2) is 0 Å². The third kappa shape index (κ3) is 9.00. The summed E-state index contributed by atoms with van der Waals surface area (Å²) in [5.74, 6) is 0. The zero-order valence-corrected chi connectivity index (χ0v) is 52.8. The molecule has 4 heterocycles. The lowest BCUT2D eigenvalue weighted by Crippen LogP contribution is -2.61. The van der Waals surface area contributed by atoms with E-state index in [0.717, 1.165) is 172 Å². The van der Waals surface area contributed by atoms with Crippen LogP contribution in [0.3, 0.4) is 0 Å². The zero-order chi connectivity index (χ0) is 63.4. The van der Waals surface area contributed by atoms with Crippen molar-refractivity contribution in [3.63, 3.8) is 0 Å². The Morgan fingerprint density at radius 2 is 0.562 bits per heavy atom. The van der Waals surface area contributed by atoms with Crippen LogP contribution < -0.4 is 26.2 Å². The number of furan rings is 2. The van der Waals surface area contributed by atoms with Crippen LogP contribution in [-0.4, -0.2) is 6.71 Å². The summed E-state index contributed by atoms with van der Waals surface area (Å²) in [4.78, 5) is 5.12. The quantitative estimate of drug-likeness (QED) is 0.128. The molecule has 0 saturated heterocycles. The van der Waals surface area contributed by atoms with Gasteiger partial charge in [-0.05, 0) is 133 Å². The number of halogens is 1. The second kappa shape index (κ2) is 22.6. The highest BCUT2D eigenvalue weighted by molar-refractivity contribution is 7.00. The third-order valence-corrected chi connectivity index (χ3v) is 19.9. The van der Waals surface area contributed by atoms with Gasteiger partial charge >= 0.3 is 0 Å². The Hall–Kier alpha value is -12.1. The predicted octanol–water partition coefficient (Wildman–Crippen LogP) is 23.6. The number of benzene rings is 15. The molecule has 15 aromatic carbocycles. The van der Waals surface area contributed by atoms with Gasteiger partial charge < -0.3 is 18.6 Å². The highest BCUT2D eigenvalue weighted by Crippen LogP contribution is 2.55. The molecule has 96 heavy (non-hydrogen) atoms. The fourth-order valence-electron chi connectivity index (χ4n) is 15.4. The summed E-state index contributed by atoms with van der Waals surface area (Å²) >= 11 is 8.04. The van der Waals surface area contributed by atoms with Crippen LogP contribution in [-0.2, 0) is 0 Å². The minimum atomic E-state index is -0.277. The molecule has 0 atom stereocenters. The van der Waals surface area contributed by atoms with Crippen LogP contribution in [0.15, 0.2) is 349 Å². The summed E-state index contributed by atoms with van der Waals surface area (Å²) in [5, 5.41) is 4.90. The Bertz CT molecular complexity index is 5440. The van der Waals surface area contributed by atoms with Gasteiger partial charge in [0.1, 0.15) is 22.3 Å². The number of para-hydroxylation sites is 4. The monoisotopic (exact) mass is 1240 g/mol. The van der Waals surface area contributed by atoms with Crippen molar-refractivity contribution in [1.82, 2.24) is 0 Å². The molecule has 448 valence electrons. The maximum Gasteiger partial charge on any atom is 0.252 e. The lowest BCUT2D eigenvalue weighted by atomic mass is 9.33. The van der Waals surface area contributed by atoms with Crippen molar-refractivity contribution in [1.29, 1.82) is 0 Å². The molecule has 4 nitrogen and oxygen atoms in total. The highest BCUT2D eigenvalue weighted by Gasteiger charge is 2.45. The predicted molar refractivity (Wildman–Crippen MR) is 404 cm³/mol. The second-order valence-corrected chi connectivity index (χ2v) is 25.5. The van der Waals surface area contributed by atoms with E-state index in [9.17, 15) is 0 Å². The van der Waals surface area contributed by atoms with Gasteiger partial charge in [-0.3, -0.25) is 0 Å². The third-order valence-electron chi connectivity index (χ3n) is 19.7. The minimum absolute atomic E-state index is 0.277. The van der Waals surface area contributed by atoms with E-state index in [1.54, 1.807) is 0 Å². The number of hydrogen-bond donors (Lipinski definition) is 0. The molecule has 2 aromatic heterocycles. The fraction of sp³-hybridized carbons (Fsp3) is 0. The van der Waals surface area contributed by atoms with Gasteiger partial charge in [0, 0.05) is 82.7 Å². The van der Waals surface area contributed by atoms with Crippen LogP contribution in [0.25, 0.3) is 133 Å². The van der Waals surface area contributed by atoms with Gasteiger partial charge in [0.15, 0.2) is 0 Å². The van der Waals surface area contributed by atoms with Crippen molar-refractivity contribution in [2.75, 3.05) is 9.80 Å². The molecule has 0 bridgehead atoms. The van der Waals surface area contributed by atoms with Gasteiger partial charge in [-0.15, -0.1) is 0 Å². The topological polar surface area (TPSA) is 32.8 Å². The van der Waals surface area contributed by atoms with Crippen molar-refractivity contribution in [2.45, 2.75) is 0 Å². The molecule has 0 fully saturated rings. The van der Waals surface area contributed by atoms with Gasteiger partial charge in [0.2, 0.25) is 0 Å². The van der Waals surface area contributed by atoms with E-state index >= 15 is 0 Å². The number of nitrogens with zero attached hydrogens (tertiary/aromatic N) is 2. The van der Waals surface area contributed by atoms with E-state index < -0.39 is 0 Å². The number of anilines is 6. The number of fused-ring (bicyclic) bond motifs is 10. The molecule has 0 saturated carbocycles. The van der Waals surface area contributed by atoms with E-state index in [1.807, 2.05) is 0 Å². The maximum atomic E-state index is 8.04. The van der Waals surface area contributed by atoms with Crippen molar-refractivity contribution < 1.29 is 8.83 Å². The molecular weight excluding hydrogens is 1190 g/mol. The van der Waals surface area contributed by atoms with Crippen LogP contribution in [0.2, 0.25) is 5.02 Å². The Balaban J connectivity index is 0.936. The van der Waals surface area contributed by atoms with Gasteiger partial charge in [0.25, 0.3) is 6.71 Å². The summed E-state index contributed by atoms with van der Waals surface area (Å²) in [6.45, 7) is -0.277. The van der Waals surface area contributed by atoms with Crippen molar-refractivity contribution in [2.24, 2.45) is 0 Å². The summed E-state index contributed by atoms with van der Waals surface area (Å²) < 4.78 is 13.6. The van der Waals surface area contributed by atoms with E-state index in [1.165, 1.54) is 10.9 Å². The van der Waals surface area contributed by atoms with Gasteiger partial charge in [0.05, 0.1) is 11.4 Å². The Morgan fingerprint density at radius 3 is 0.917 bits per heavy atom. The first-order chi connectivity index (χ1) is 47.5. The average Bonchev–Trinajstić information content (AvgIpc) is 0.936. The van der Waals surface area contributed by atoms with E-state index in [4.69, 9.17) is 20.4 Å². The normalized spacial score (nSPS) is 12.4. The molecule has 6 heteroatoms. The van der Waals surface area contributed by atoms with Crippen molar-refractivity contribution in [3.05, 3.63) is 345 Å². The van der Waals surface area contributed by atoms with E-state index in [0.29, 0.717) is 5.02 Å². The molecule has 2 aliphatic rings. The van der Waals surface area contributed by atoms with E-state index in [2.05, 4.69) is 350 Å². The summed E-state index contributed by atoms with van der Waals surface area (Å²) in [7, 11) is 0. The summed E-state index contributed by atoms with van der Waals surface area (Å²) in [6, 6.07) is 123. The van der Waals surface area contributed by atoms with Gasteiger partial charge in [-0.1, -0.05) is 291 Å². The molecule has 2 aliphatic heterocycles. The lowest BCUT2D eigenvalue weighted by molar-refractivity contribution is 0.669. The molecule has 0 unspecified atom stereocenters. The standard InChI is InChI=1S/C90H56BClN2O2/c92-67-55-82-86-83(56-67)94(88-70(59-29-11-3-12-30-59)41-24-42-71(88)60-31-13-4-14-32-60)81-54-64(66-50-75(62-35-17-6-18-36-62)90-77(52-66)73-38-20-22-44-85(73)96-90)46-48-79(81)91(86)78-47-45-63(65-49-74(61-33-15-5-16-34-61)89-76(51-65)72-37-19-21-43-84(72)95-89)53-80(78)93(82)87-68(57-25-7-1-8-26-57)39-23-40-69(87)58-27-9-2-10-28-58/h1-56H. The zero-order valence-electron chi connectivity index (χ0n) is 52.0. The Morgan fingerprint density at radius 1 is 0.240 bits per heavy atom. The minimum Gasteiger partial charge on any atom is -0.455 e. The molecule has 19 rings (SSSR count). The van der Waals surface area contributed by atoms with Crippen molar-refractivity contribution >= 4 is 113 Å². The molecular formula is C90H56BClN2O2. The van der Waals surface area contributed by atoms with Crippen LogP contribution in [0.1, 0.15) is 0 Å². The SMILES string of the molecule is Clc1cc2c3c(c1)N(c1c(-c4ccccc4)cccc1-c1ccccc1)c1cc(-c4cc(-c5ccccc5)c5oc6ccccc6c5c4)ccc1B3c1ccc(-c3cc(-c4ccccc4)c4oc5ccccc5c4c3)cc1N2c1c(-c2ccccc2)cccc1-c1ccccc1. The fourth-order valence-corrected chi connectivity index (χ4v) is 15.6. The smallest absolute Gasteiger partial charge is 0.252 e. The Labute approximate surface area is 561 Å². The van der Waals surface area contributed by atoms with E-state index in [-0.39, 0.29) is 6.71 Å². The number of hydrogen-bond acceptors (Lipinski definition) is 4. The van der Waals surface area contributed by atoms with Crippen LogP contribution in [0.5, 0.6) is 0 Å². The molecule has 0 spiro atoms. The van der Waals surface area contributed by atoms with Crippen molar-refractivity contribution in [3.8, 4) is 89.0 Å². The second-order valence-electron chi connectivity index (χ2n) is 25.1. The molecule has 0 radical (unpaired) electrons. The van der Waals surface area contributed by atoms with Crippen LogP contribution in [0, 0.1) is 0 Å². The average molecular weight is 1240 g/mol. The molecule has 0 amide bonds. The highest BCUT2D eigenvalue weighted by atomic mass is 35.5. The van der Waals surface area contributed by atoms with Crippen LogP contribution in [0.4, 0.5) is 34.1 Å².